The van der Waals surface area contributed by atoms with Crippen molar-refractivity contribution in [2.75, 3.05) is 7.11 Å². The first-order chi connectivity index (χ1) is 15.5. The van der Waals surface area contributed by atoms with Crippen LogP contribution in [0.1, 0.15) is 50.4 Å². The number of hydrogen-bond acceptors (Lipinski definition) is 8. The van der Waals surface area contributed by atoms with Gasteiger partial charge in [0.05, 0.1) is 17.6 Å². The quantitative estimate of drug-likeness (QED) is 0.171. The summed E-state index contributed by atoms with van der Waals surface area (Å²) < 4.78 is 15.2. The van der Waals surface area contributed by atoms with Crippen LogP contribution in [0.5, 0.6) is 0 Å². The van der Waals surface area contributed by atoms with Crippen molar-refractivity contribution < 1.29 is 33.5 Å². The summed E-state index contributed by atoms with van der Waals surface area (Å²) in [6.07, 6.45) is 4.79. The average Bonchev–Trinajstić information content (AvgIpc) is 2.75. The molecule has 0 saturated carbocycles. The smallest absolute Gasteiger partial charge is 0.408 e. The van der Waals surface area contributed by atoms with E-state index in [1.165, 1.54) is 37.5 Å². The molecule has 0 aliphatic rings. The topological polar surface area (TPSA) is 134 Å². The molecule has 0 fully saturated rings. The van der Waals surface area contributed by atoms with Gasteiger partial charge in [-0.15, -0.1) is 0 Å². The number of non-ortho nitro benzene ring substituents is 1. The Kier molecular flexibility index (Phi) is 10.8. The lowest BCUT2D eigenvalue weighted by Crippen LogP contribution is -2.43. The van der Waals surface area contributed by atoms with E-state index < -0.39 is 40.7 Å². The predicted octanol–water partition coefficient (Wildman–Crippen LogP) is 4.10. The van der Waals surface area contributed by atoms with Crippen LogP contribution in [0.15, 0.2) is 49.1 Å². The van der Waals surface area contributed by atoms with Gasteiger partial charge in [-0.05, 0) is 52.2 Å². The van der Waals surface area contributed by atoms with Gasteiger partial charge in [0.2, 0.25) is 0 Å². The van der Waals surface area contributed by atoms with E-state index in [0.29, 0.717) is 12.8 Å². The number of hydrogen-bond donors (Lipinski definition) is 1. The van der Waals surface area contributed by atoms with Gasteiger partial charge in [0.15, 0.2) is 0 Å². The van der Waals surface area contributed by atoms with Crippen molar-refractivity contribution >= 4 is 23.7 Å². The Hall–Kier alpha value is -3.69. The molecule has 1 N–H and O–H groups in total. The Morgan fingerprint density at radius 1 is 1.18 bits per heavy atom. The van der Waals surface area contributed by atoms with E-state index in [1.54, 1.807) is 32.9 Å². The summed E-state index contributed by atoms with van der Waals surface area (Å²) in [5.41, 5.74) is -0.632. The van der Waals surface area contributed by atoms with E-state index in [4.69, 9.17) is 14.2 Å². The zero-order chi connectivity index (χ0) is 25.0. The Balaban J connectivity index is 2.56. The van der Waals surface area contributed by atoms with Crippen molar-refractivity contribution in [1.82, 2.24) is 5.32 Å². The first-order valence-electron chi connectivity index (χ1n) is 10.3. The summed E-state index contributed by atoms with van der Waals surface area (Å²) >= 11 is 0. The molecule has 1 aromatic rings. The molecule has 0 aliphatic heterocycles. The fraction of sp³-hybridized carbons (Fsp3) is 0.435. The fourth-order valence-electron chi connectivity index (χ4n) is 2.57. The highest BCUT2D eigenvalue weighted by molar-refractivity contribution is 5.89. The largest absolute Gasteiger partial charge is 0.467 e. The van der Waals surface area contributed by atoms with Crippen LogP contribution in [0.25, 0.3) is 0 Å². The molecule has 0 unspecified atom stereocenters. The van der Waals surface area contributed by atoms with Crippen molar-refractivity contribution in [3.8, 4) is 0 Å². The van der Waals surface area contributed by atoms with Crippen LogP contribution in [0, 0.1) is 10.1 Å². The second-order valence-corrected chi connectivity index (χ2v) is 7.99. The third-order valence-corrected chi connectivity index (χ3v) is 4.17. The number of nitro groups is 1. The molecule has 0 radical (unpaired) electrons. The molecule has 10 heteroatoms. The van der Waals surface area contributed by atoms with Crippen molar-refractivity contribution in [3.05, 3.63) is 64.8 Å². The minimum atomic E-state index is -0.906. The summed E-state index contributed by atoms with van der Waals surface area (Å²) in [5, 5.41) is 13.2. The standard InChI is InChI=1S/C23H30N2O8/c1-6-18(32-20(26)16-12-14-17(15-13-16)25(29)30)10-8-7-9-11-19(21(27)31-5)24-22(28)33-23(2,3)4/h6-7,9,12-15,18-19H,1,8,10-11H2,2-5H3,(H,24,28)/b9-7+/t18-,19+/m1/s1. The van der Waals surface area contributed by atoms with Crippen molar-refractivity contribution in [2.24, 2.45) is 0 Å². The number of amides is 1. The second-order valence-electron chi connectivity index (χ2n) is 7.99. The van der Waals surface area contributed by atoms with Gasteiger partial charge in [-0.2, -0.15) is 0 Å². The van der Waals surface area contributed by atoms with Crippen LogP contribution in [0.3, 0.4) is 0 Å². The zero-order valence-corrected chi connectivity index (χ0v) is 19.2. The molecule has 180 valence electrons. The number of benzene rings is 1. The van der Waals surface area contributed by atoms with Crippen LogP contribution in [0.4, 0.5) is 10.5 Å². The van der Waals surface area contributed by atoms with Gasteiger partial charge in [0.25, 0.3) is 5.69 Å². The van der Waals surface area contributed by atoms with E-state index in [0.717, 1.165) is 0 Å². The van der Waals surface area contributed by atoms with Gasteiger partial charge >= 0.3 is 18.0 Å². The molecule has 10 nitrogen and oxygen atoms in total. The lowest BCUT2D eigenvalue weighted by molar-refractivity contribution is -0.384. The van der Waals surface area contributed by atoms with Crippen molar-refractivity contribution in [2.45, 2.75) is 57.8 Å². The van der Waals surface area contributed by atoms with Crippen LogP contribution in [-0.2, 0) is 19.0 Å². The summed E-state index contributed by atoms with van der Waals surface area (Å²) in [7, 11) is 1.23. The molecule has 1 amide bonds. The van der Waals surface area contributed by atoms with E-state index in [1.807, 2.05) is 0 Å². The molecule has 0 bridgehead atoms. The number of allylic oxidation sites excluding steroid dienone is 1. The number of carbonyl (C=O) groups is 3. The van der Waals surface area contributed by atoms with Gasteiger partial charge in [-0.25, -0.2) is 14.4 Å². The van der Waals surface area contributed by atoms with Gasteiger partial charge < -0.3 is 19.5 Å². The Morgan fingerprint density at radius 2 is 1.82 bits per heavy atom. The van der Waals surface area contributed by atoms with Gasteiger partial charge in [0.1, 0.15) is 17.7 Å². The molecule has 1 rings (SSSR count). The Labute approximate surface area is 192 Å². The Morgan fingerprint density at radius 3 is 2.33 bits per heavy atom. The van der Waals surface area contributed by atoms with Crippen LogP contribution in [0.2, 0.25) is 0 Å². The molecular formula is C23H30N2O8. The number of nitrogens with one attached hydrogen (secondary N) is 1. The molecule has 0 spiro atoms. The van der Waals surface area contributed by atoms with Crippen molar-refractivity contribution in [1.29, 1.82) is 0 Å². The highest BCUT2D eigenvalue weighted by Crippen LogP contribution is 2.15. The van der Waals surface area contributed by atoms with Gasteiger partial charge in [-0.1, -0.05) is 24.8 Å². The fourth-order valence-corrected chi connectivity index (χ4v) is 2.57. The summed E-state index contributed by atoms with van der Waals surface area (Å²) in [4.78, 5) is 46.2. The van der Waals surface area contributed by atoms with E-state index in [-0.39, 0.29) is 17.7 Å². The number of rotatable bonds is 11. The SMILES string of the molecule is C=C[C@H](CC/C=C/C[C@H](NC(=O)OC(C)(C)C)C(=O)OC)OC(=O)c1ccc([N+](=O)[O-])cc1. The van der Waals surface area contributed by atoms with E-state index >= 15 is 0 Å². The third-order valence-electron chi connectivity index (χ3n) is 4.17. The maximum Gasteiger partial charge on any atom is 0.408 e. The van der Waals surface area contributed by atoms with Crippen LogP contribution < -0.4 is 5.32 Å². The summed E-state index contributed by atoms with van der Waals surface area (Å²) in [6, 6.07) is 4.20. The first kappa shape index (κ1) is 27.3. The number of alkyl carbamates (subject to hydrolysis) is 1. The van der Waals surface area contributed by atoms with E-state index in [9.17, 15) is 24.5 Å². The molecule has 1 aromatic carbocycles. The normalized spacial score (nSPS) is 13.0. The highest BCUT2D eigenvalue weighted by atomic mass is 16.6. The maximum absolute atomic E-state index is 12.2. The molecule has 33 heavy (non-hydrogen) atoms. The predicted molar refractivity (Wildman–Crippen MR) is 121 cm³/mol. The molecule has 2 atom stereocenters. The third kappa shape index (κ3) is 10.4. The molecule has 0 saturated heterocycles. The number of carbonyl (C=O) groups excluding carboxylic acids is 3. The minimum absolute atomic E-state index is 0.122. The highest BCUT2D eigenvalue weighted by Gasteiger charge is 2.24. The van der Waals surface area contributed by atoms with Crippen LogP contribution in [-0.4, -0.2) is 47.8 Å². The Bertz CT molecular complexity index is 871. The number of nitrogens with zero attached hydrogens (tertiary/aromatic N) is 1. The summed E-state index contributed by atoms with van der Waals surface area (Å²) in [5.74, 6) is -1.22. The van der Waals surface area contributed by atoms with E-state index in [2.05, 4.69) is 11.9 Å². The first-order valence-corrected chi connectivity index (χ1v) is 10.3. The molecule has 0 aromatic heterocycles. The number of nitro benzene ring substituents is 1. The van der Waals surface area contributed by atoms with Gasteiger partial charge in [-0.3, -0.25) is 10.1 Å². The van der Waals surface area contributed by atoms with Gasteiger partial charge in [0, 0.05) is 12.1 Å². The maximum atomic E-state index is 12.2. The zero-order valence-electron chi connectivity index (χ0n) is 19.2. The van der Waals surface area contributed by atoms with Crippen LogP contribution >= 0.6 is 0 Å². The number of ether oxygens (including phenoxy) is 3. The average molecular weight is 462 g/mol. The number of methoxy groups -OCH3 is 1. The summed E-state index contributed by atoms with van der Waals surface area (Å²) in [6.45, 7) is 8.79. The number of esters is 2. The monoisotopic (exact) mass is 462 g/mol. The lowest BCUT2D eigenvalue weighted by Gasteiger charge is -2.22. The minimum Gasteiger partial charge on any atom is -0.467 e. The second kappa shape index (κ2) is 13.0. The van der Waals surface area contributed by atoms with Crippen molar-refractivity contribution in [3.63, 3.8) is 0 Å². The molecular weight excluding hydrogens is 432 g/mol. The lowest BCUT2D eigenvalue weighted by atomic mass is 10.1. The molecule has 0 aliphatic carbocycles. The molecule has 0 heterocycles.